The van der Waals surface area contributed by atoms with E-state index in [0.717, 1.165) is 12.8 Å². The second-order valence-electron chi connectivity index (χ2n) is 1.88. The van der Waals surface area contributed by atoms with E-state index in [0.29, 0.717) is 9.57 Å². The summed E-state index contributed by atoms with van der Waals surface area (Å²) >= 11 is 6.35. The average Bonchev–Trinajstić information content (AvgIpc) is 1.82. The molecule has 0 aromatic carbocycles. The minimum Gasteiger partial charge on any atom is -0.385 e. The van der Waals surface area contributed by atoms with Crippen LogP contribution in [-0.2, 0) is 0 Å². The molecule has 0 aliphatic carbocycles. The minimum atomic E-state index is 0.573. The summed E-state index contributed by atoms with van der Waals surface area (Å²) in [7, 11) is 0. The average molecular weight is 163 g/mol. The second-order valence-corrected chi connectivity index (χ2v) is 3.92. The van der Waals surface area contributed by atoms with Gasteiger partial charge in [-0.05, 0) is 12.8 Å². The third-order valence-corrected chi connectivity index (χ3v) is 2.71. The van der Waals surface area contributed by atoms with Gasteiger partial charge in [0, 0.05) is 5.25 Å². The summed E-state index contributed by atoms with van der Waals surface area (Å²) in [5.41, 5.74) is 5.34. The lowest BCUT2D eigenvalue weighted by molar-refractivity contribution is 0.796. The molecule has 0 aromatic heterocycles. The zero-order chi connectivity index (χ0) is 7.28. The van der Waals surface area contributed by atoms with Gasteiger partial charge in [0.25, 0.3) is 0 Å². The van der Waals surface area contributed by atoms with Gasteiger partial charge in [-0.15, -0.1) is 0 Å². The molecule has 0 heterocycles. The lowest BCUT2D eigenvalue weighted by Gasteiger charge is -2.08. The lowest BCUT2D eigenvalue weighted by atomic mass is 10.3. The maximum Gasteiger partial charge on any atom is 0.131 e. The van der Waals surface area contributed by atoms with Crippen molar-refractivity contribution in [3.05, 3.63) is 0 Å². The smallest absolute Gasteiger partial charge is 0.131 e. The molecular weight excluding hydrogens is 150 g/mol. The predicted molar refractivity (Wildman–Crippen MR) is 48.7 cm³/mol. The molecule has 2 N–H and O–H groups in total. The first kappa shape index (κ1) is 9.24. The molecule has 0 saturated heterocycles. The highest BCUT2D eigenvalue weighted by Gasteiger charge is 2.03. The normalized spacial score (nSPS) is 10.1. The van der Waals surface area contributed by atoms with Crippen molar-refractivity contribution in [1.82, 2.24) is 0 Å². The van der Waals surface area contributed by atoms with Gasteiger partial charge in [0.1, 0.15) is 4.32 Å². The van der Waals surface area contributed by atoms with Crippen molar-refractivity contribution >= 4 is 28.3 Å². The summed E-state index contributed by atoms with van der Waals surface area (Å²) < 4.78 is 0.573. The fourth-order valence-electron chi connectivity index (χ4n) is 0.620. The van der Waals surface area contributed by atoms with Crippen LogP contribution in [0, 0.1) is 0 Å². The van der Waals surface area contributed by atoms with E-state index in [1.807, 2.05) is 0 Å². The van der Waals surface area contributed by atoms with E-state index in [-0.39, 0.29) is 0 Å². The monoisotopic (exact) mass is 163 g/mol. The Bertz CT molecular complexity index is 89.1. The zero-order valence-electron chi connectivity index (χ0n) is 5.89. The molecule has 0 saturated carbocycles. The molecule has 54 valence electrons. The van der Waals surface area contributed by atoms with Crippen LogP contribution in [0.1, 0.15) is 26.7 Å². The lowest BCUT2D eigenvalue weighted by Crippen LogP contribution is -2.09. The number of hydrogen-bond donors (Lipinski definition) is 1. The van der Waals surface area contributed by atoms with Crippen LogP contribution in [0.25, 0.3) is 0 Å². The van der Waals surface area contributed by atoms with Gasteiger partial charge >= 0.3 is 0 Å². The highest BCUT2D eigenvalue weighted by molar-refractivity contribution is 8.23. The van der Waals surface area contributed by atoms with Gasteiger partial charge in [0.15, 0.2) is 0 Å². The van der Waals surface area contributed by atoms with Crippen LogP contribution in [0.2, 0.25) is 0 Å². The molecular formula is C6H13NS2. The number of hydrogen-bond acceptors (Lipinski definition) is 2. The van der Waals surface area contributed by atoms with Crippen LogP contribution in [0.3, 0.4) is 0 Å². The number of nitrogens with two attached hydrogens (primary N) is 1. The number of thioether (sulfide) groups is 1. The highest BCUT2D eigenvalue weighted by atomic mass is 32.2. The molecule has 0 spiro atoms. The van der Waals surface area contributed by atoms with Crippen LogP contribution < -0.4 is 5.73 Å². The van der Waals surface area contributed by atoms with Gasteiger partial charge < -0.3 is 5.73 Å². The van der Waals surface area contributed by atoms with Gasteiger partial charge in [0.2, 0.25) is 0 Å². The molecule has 0 rings (SSSR count). The molecule has 0 unspecified atom stereocenters. The maximum atomic E-state index is 5.34. The Hall–Kier alpha value is 0.240. The summed E-state index contributed by atoms with van der Waals surface area (Å²) in [4.78, 5) is 0. The standard InChI is InChI=1S/C6H13NS2/c1-3-5(4-2)9-6(7)8/h5H,3-4H2,1-2H3,(H2,7,8). The molecule has 9 heavy (non-hydrogen) atoms. The fraction of sp³-hybridized carbons (Fsp3) is 0.833. The Labute approximate surface area is 66.4 Å². The van der Waals surface area contributed by atoms with Crippen LogP contribution >= 0.6 is 24.0 Å². The van der Waals surface area contributed by atoms with Crippen molar-refractivity contribution in [3.63, 3.8) is 0 Å². The van der Waals surface area contributed by atoms with E-state index in [2.05, 4.69) is 13.8 Å². The van der Waals surface area contributed by atoms with E-state index in [9.17, 15) is 0 Å². The topological polar surface area (TPSA) is 26.0 Å². The first-order valence-corrected chi connectivity index (χ1v) is 4.45. The minimum absolute atomic E-state index is 0.573. The van der Waals surface area contributed by atoms with E-state index < -0.39 is 0 Å². The molecule has 0 radical (unpaired) electrons. The molecule has 3 heteroatoms. The van der Waals surface area contributed by atoms with Crippen molar-refractivity contribution in [3.8, 4) is 0 Å². The zero-order valence-corrected chi connectivity index (χ0v) is 7.52. The molecule has 1 nitrogen and oxygen atoms in total. The fourth-order valence-corrected chi connectivity index (χ4v) is 1.69. The van der Waals surface area contributed by atoms with Gasteiger partial charge in [-0.3, -0.25) is 0 Å². The predicted octanol–water partition coefficient (Wildman–Crippen LogP) is 2.15. The first-order chi connectivity index (χ1) is 4.20. The number of thiocarbonyl (C=S) groups is 1. The van der Waals surface area contributed by atoms with Gasteiger partial charge in [-0.25, -0.2) is 0 Å². The van der Waals surface area contributed by atoms with Gasteiger partial charge in [-0.2, -0.15) is 0 Å². The van der Waals surface area contributed by atoms with Gasteiger partial charge in [-0.1, -0.05) is 37.8 Å². The molecule has 0 fully saturated rings. The summed E-state index contributed by atoms with van der Waals surface area (Å²) in [6.07, 6.45) is 2.30. The van der Waals surface area contributed by atoms with Crippen LogP contribution in [0.4, 0.5) is 0 Å². The van der Waals surface area contributed by atoms with E-state index in [4.69, 9.17) is 18.0 Å². The van der Waals surface area contributed by atoms with Crippen molar-refractivity contribution in [2.45, 2.75) is 31.9 Å². The number of rotatable bonds is 3. The summed E-state index contributed by atoms with van der Waals surface area (Å²) in [5, 5.41) is 0.627. The summed E-state index contributed by atoms with van der Waals surface area (Å²) in [6.45, 7) is 4.30. The Morgan fingerprint density at radius 3 is 2.11 bits per heavy atom. The SMILES string of the molecule is CCC(CC)SC(N)=S. The molecule has 0 atom stereocenters. The first-order valence-electron chi connectivity index (χ1n) is 3.16. The van der Waals surface area contributed by atoms with E-state index >= 15 is 0 Å². The van der Waals surface area contributed by atoms with E-state index in [1.54, 1.807) is 11.8 Å². The molecule has 0 aliphatic heterocycles. The molecule has 0 bridgehead atoms. The maximum absolute atomic E-state index is 5.34. The third-order valence-electron chi connectivity index (χ3n) is 1.19. The van der Waals surface area contributed by atoms with Crippen molar-refractivity contribution in [1.29, 1.82) is 0 Å². The molecule has 0 amide bonds. The van der Waals surface area contributed by atoms with E-state index in [1.165, 1.54) is 0 Å². The third kappa shape index (κ3) is 4.73. The van der Waals surface area contributed by atoms with Crippen LogP contribution in [0.5, 0.6) is 0 Å². The highest BCUT2D eigenvalue weighted by Crippen LogP contribution is 2.16. The Balaban J connectivity index is 3.43. The Kier molecular flexibility index (Phi) is 5.19. The van der Waals surface area contributed by atoms with Gasteiger partial charge in [0.05, 0.1) is 0 Å². The van der Waals surface area contributed by atoms with Crippen LogP contribution in [-0.4, -0.2) is 9.57 Å². The summed E-state index contributed by atoms with van der Waals surface area (Å²) in [6, 6.07) is 0. The second kappa shape index (κ2) is 5.06. The molecule has 0 aromatic rings. The van der Waals surface area contributed by atoms with Crippen molar-refractivity contribution in [2.75, 3.05) is 0 Å². The Morgan fingerprint density at radius 1 is 1.56 bits per heavy atom. The van der Waals surface area contributed by atoms with Crippen molar-refractivity contribution < 1.29 is 0 Å². The summed E-state index contributed by atoms with van der Waals surface area (Å²) in [5.74, 6) is 0. The Morgan fingerprint density at radius 2 is 2.00 bits per heavy atom. The van der Waals surface area contributed by atoms with Crippen LogP contribution in [0.15, 0.2) is 0 Å². The quantitative estimate of drug-likeness (QED) is 0.646. The molecule has 0 aliphatic rings. The van der Waals surface area contributed by atoms with Crippen molar-refractivity contribution in [2.24, 2.45) is 5.73 Å². The largest absolute Gasteiger partial charge is 0.385 e.